The molecule has 2 unspecified atom stereocenters. The minimum atomic E-state index is -0.512. The molecule has 2 rings (SSSR count). The number of carbonyl (C=O) groups is 1. The summed E-state index contributed by atoms with van der Waals surface area (Å²) in [7, 11) is 0. The van der Waals surface area contributed by atoms with E-state index in [1.807, 2.05) is 6.92 Å². The second-order valence-corrected chi connectivity index (χ2v) is 4.11. The topological polar surface area (TPSA) is 78.7 Å². The molecule has 1 heterocycles. The highest BCUT2D eigenvalue weighted by atomic mass is 16.6. The second-order valence-electron chi connectivity index (χ2n) is 4.11. The van der Waals surface area contributed by atoms with Gasteiger partial charge in [-0.3, -0.25) is 10.1 Å². The minimum Gasteiger partial charge on any atom is -0.456 e. The van der Waals surface area contributed by atoms with Gasteiger partial charge in [-0.05, 0) is 19.1 Å². The fraction of sp³-hybridized carbons (Fsp3) is 0.417. The maximum atomic E-state index is 11.8. The van der Waals surface area contributed by atoms with Gasteiger partial charge in [0.25, 0.3) is 5.69 Å². The van der Waals surface area contributed by atoms with E-state index in [1.54, 1.807) is 0 Å². The lowest BCUT2D eigenvalue weighted by atomic mass is 10.2. The van der Waals surface area contributed by atoms with Crippen molar-refractivity contribution >= 4 is 11.7 Å². The predicted octanol–water partition coefficient (Wildman–Crippen LogP) is 1.93. The van der Waals surface area contributed by atoms with Gasteiger partial charge in [-0.2, -0.15) is 0 Å². The van der Waals surface area contributed by atoms with Crippen LogP contribution in [-0.2, 0) is 9.47 Å². The summed E-state index contributed by atoms with van der Waals surface area (Å²) in [5.41, 5.74) is 0.254. The number of nitro benzene ring substituents is 1. The van der Waals surface area contributed by atoms with E-state index in [4.69, 9.17) is 9.47 Å². The van der Waals surface area contributed by atoms with Crippen LogP contribution in [0.5, 0.6) is 0 Å². The van der Waals surface area contributed by atoms with Crippen molar-refractivity contribution in [1.82, 2.24) is 0 Å². The van der Waals surface area contributed by atoms with E-state index in [1.165, 1.54) is 24.3 Å². The Hall–Kier alpha value is -1.95. The number of benzene rings is 1. The van der Waals surface area contributed by atoms with Crippen LogP contribution in [0.2, 0.25) is 0 Å². The highest BCUT2D eigenvalue weighted by Crippen LogP contribution is 2.19. The Labute approximate surface area is 104 Å². The number of esters is 1. The molecule has 1 aromatic rings. The van der Waals surface area contributed by atoms with Gasteiger partial charge in [0.15, 0.2) is 0 Å². The van der Waals surface area contributed by atoms with Crippen LogP contribution in [0.4, 0.5) is 5.69 Å². The molecule has 0 aromatic heterocycles. The number of carbonyl (C=O) groups excluding carboxylic acids is 1. The third-order valence-electron chi connectivity index (χ3n) is 2.88. The zero-order valence-corrected chi connectivity index (χ0v) is 9.87. The van der Waals surface area contributed by atoms with Gasteiger partial charge in [-0.15, -0.1) is 0 Å². The molecule has 6 nitrogen and oxygen atoms in total. The van der Waals surface area contributed by atoms with Crippen molar-refractivity contribution in [2.45, 2.75) is 25.6 Å². The highest BCUT2D eigenvalue weighted by Gasteiger charge is 2.28. The third-order valence-corrected chi connectivity index (χ3v) is 2.88. The van der Waals surface area contributed by atoms with Crippen molar-refractivity contribution in [3.05, 3.63) is 39.9 Å². The van der Waals surface area contributed by atoms with E-state index < -0.39 is 10.9 Å². The molecule has 6 heteroatoms. The van der Waals surface area contributed by atoms with Crippen LogP contribution in [0.15, 0.2) is 24.3 Å². The number of hydrogen-bond acceptors (Lipinski definition) is 5. The van der Waals surface area contributed by atoms with Crippen molar-refractivity contribution in [2.24, 2.45) is 0 Å². The highest BCUT2D eigenvalue weighted by molar-refractivity contribution is 5.89. The van der Waals surface area contributed by atoms with Crippen LogP contribution >= 0.6 is 0 Å². The van der Waals surface area contributed by atoms with E-state index in [0.717, 1.165) is 0 Å². The van der Waals surface area contributed by atoms with Crippen LogP contribution in [0.25, 0.3) is 0 Å². The molecule has 0 radical (unpaired) electrons. The lowest BCUT2D eigenvalue weighted by molar-refractivity contribution is -0.384. The molecule has 96 valence electrons. The maximum Gasteiger partial charge on any atom is 0.338 e. The summed E-state index contributed by atoms with van der Waals surface area (Å²) in [4.78, 5) is 21.7. The molecule has 1 fully saturated rings. The average molecular weight is 251 g/mol. The Kier molecular flexibility index (Phi) is 3.57. The minimum absolute atomic E-state index is 0.0517. The van der Waals surface area contributed by atoms with Gasteiger partial charge < -0.3 is 9.47 Å². The molecule has 0 saturated carbocycles. The number of rotatable bonds is 3. The van der Waals surface area contributed by atoms with Crippen LogP contribution < -0.4 is 0 Å². The molecule has 1 saturated heterocycles. The van der Waals surface area contributed by atoms with Crippen LogP contribution in [0, 0.1) is 10.1 Å². The number of non-ortho nitro benzene ring substituents is 1. The Morgan fingerprint density at radius 3 is 2.61 bits per heavy atom. The van der Waals surface area contributed by atoms with Gasteiger partial charge >= 0.3 is 5.97 Å². The third kappa shape index (κ3) is 2.65. The zero-order valence-electron chi connectivity index (χ0n) is 9.87. The first-order chi connectivity index (χ1) is 8.58. The number of hydrogen-bond donors (Lipinski definition) is 0. The van der Waals surface area contributed by atoms with E-state index in [9.17, 15) is 14.9 Å². The zero-order chi connectivity index (χ0) is 13.1. The van der Waals surface area contributed by atoms with E-state index >= 15 is 0 Å². The first kappa shape index (κ1) is 12.5. The van der Waals surface area contributed by atoms with Crippen molar-refractivity contribution in [3.8, 4) is 0 Å². The Morgan fingerprint density at radius 2 is 2.11 bits per heavy atom. The van der Waals surface area contributed by atoms with E-state index in [-0.39, 0.29) is 17.9 Å². The fourth-order valence-corrected chi connectivity index (χ4v) is 1.79. The number of nitro groups is 1. The quantitative estimate of drug-likeness (QED) is 0.466. The molecule has 1 aromatic carbocycles. The summed E-state index contributed by atoms with van der Waals surface area (Å²) in [5, 5.41) is 10.5. The standard InChI is InChI=1S/C12H13NO5/c1-8-11(6-7-17-8)18-12(14)9-2-4-10(5-3-9)13(15)16/h2-5,8,11H,6-7H2,1H3. The lowest BCUT2D eigenvalue weighted by Gasteiger charge is -2.14. The summed E-state index contributed by atoms with van der Waals surface area (Å²) >= 11 is 0. The van der Waals surface area contributed by atoms with Gasteiger partial charge in [0.2, 0.25) is 0 Å². The summed E-state index contributed by atoms with van der Waals surface area (Å²) in [6.45, 7) is 2.43. The Bertz CT molecular complexity index is 456. The second kappa shape index (κ2) is 5.14. The van der Waals surface area contributed by atoms with Gasteiger partial charge in [0.1, 0.15) is 6.10 Å². The van der Waals surface area contributed by atoms with Gasteiger partial charge in [-0.1, -0.05) is 0 Å². The van der Waals surface area contributed by atoms with E-state index in [2.05, 4.69) is 0 Å². The molecule has 0 N–H and O–H groups in total. The van der Waals surface area contributed by atoms with Crippen LogP contribution in [0.1, 0.15) is 23.7 Å². The summed E-state index contributed by atoms with van der Waals surface area (Å²) < 4.78 is 10.6. The molecular formula is C12H13NO5. The molecule has 0 amide bonds. The fourth-order valence-electron chi connectivity index (χ4n) is 1.79. The molecule has 0 spiro atoms. The van der Waals surface area contributed by atoms with Crippen molar-refractivity contribution < 1.29 is 19.2 Å². The normalized spacial score (nSPS) is 22.7. The molecular weight excluding hydrogens is 238 g/mol. The van der Waals surface area contributed by atoms with Gasteiger partial charge in [0.05, 0.1) is 23.2 Å². The SMILES string of the molecule is CC1OCCC1OC(=O)c1ccc([N+](=O)[O-])cc1. The summed E-state index contributed by atoms with van der Waals surface area (Å²) in [6.07, 6.45) is 0.333. The molecule has 18 heavy (non-hydrogen) atoms. The first-order valence-corrected chi connectivity index (χ1v) is 5.65. The maximum absolute atomic E-state index is 11.8. The molecule has 0 bridgehead atoms. The summed E-state index contributed by atoms with van der Waals surface area (Å²) in [5.74, 6) is -0.479. The largest absolute Gasteiger partial charge is 0.456 e. The average Bonchev–Trinajstić information content (AvgIpc) is 2.75. The lowest BCUT2D eigenvalue weighted by Crippen LogP contribution is -2.24. The predicted molar refractivity (Wildman–Crippen MR) is 62.3 cm³/mol. The molecule has 1 aliphatic heterocycles. The van der Waals surface area contributed by atoms with Crippen molar-refractivity contribution in [3.63, 3.8) is 0 Å². The van der Waals surface area contributed by atoms with Crippen LogP contribution in [-0.4, -0.2) is 29.7 Å². The van der Waals surface area contributed by atoms with Gasteiger partial charge in [0, 0.05) is 18.6 Å². The molecule has 2 atom stereocenters. The van der Waals surface area contributed by atoms with E-state index in [0.29, 0.717) is 18.6 Å². The monoisotopic (exact) mass is 251 g/mol. The molecule has 0 aliphatic carbocycles. The smallest absolute Gasteiger partial charge is 0.338 e. The number of nitrogens with zero attached hydrogens (tertiary/aromatic N) is 1. The molecule has 1 aliphatic rings. The van der Waals surface area contributed by atoms with Gasteiger partial charge in [-0.25, -0.2) is 4.79 Å². The Morgan fingerprint density at radius 1 is 1.44 bits per heavy atom. The summed E-state index contributed by atoms with van der Waals surface area (Å²) in [6, 6.07) is 5.35. The van der Waals surface area contributed by atoms with Crippen molar-refractivity contribution in [1.29, 1.82) is 0 Å². The van der Waals surface area contributed by atoms with Crippen LogP contribution in [0.3, 0.4) is 0 Å². The number of ether oxygens (including phenoxy) is 2. The first-order valence-electron chi connectivity index (χ1n) is 5.65. The van der Waals surface area contributed by atoms with Crippen molar-refractivity contribution in [2.75, 3.05) is 6.61 Å². The Balaban J connectivity index is 2.02.